The second kappa shape index (κ2) is 42.9. The van der Waals surface area contributed by atoms with Gasteiger partial charge in [-0.15, -0.1) is 0 Å². The molecule has 346 valence electrons. The molecule has 0 aromatic rings. The number of carbonyl (C=O) groups excluding carboxylic acids is 2. The van der Waals surface area contributed by atoms with Gasteiger partial charge in [0, 0.05) is 19.3 Å². The van der Waals surface area contributed by atoms with Crippen LogP contribution in [0.3, 0.4) is 0 Å². The molecule has 0 spiro atoms. The summed E-state index contributed by atoms with van der Waals surface area (Å²) in [7, 11) is 5.50. The lowest BCUT2D eigenvalue weighted by molar-refractivity contribution is -0.887. The molecule has 0 radical (unpaired) electrons. The fraction of sp³-hybridized carbons (Fsp3) is 0.642. The number of likely N-dealkylation sites (N-methyl/N-ethyl adjacent to an activating group) is 1. The summed E-state index contributed by atoms with van der Waals surface area (Å²) in [6.07, 6.45) is 57.3. The van der Waals surface area contributed by atoms with Crippen molar-refractivity contribution in [3.05, 3.63) is 97.2 Å². The molecule has 61 heavy (non-hydrogen) atoms. The summed E-state index contributed by atoms with van der Waals surface area (Å²) in [6, 6.07) is -0.628. The van der Waals surface area contributed by atoms with Crippen molar-refractivity contribution in [2.45, 2.75) is 180 Å². The Morgan fingerprint density at radius 1 is 0.525 bits per heavy atom. The van der Waals surface area contributed by atoms with E-state index in [2.05, 4.69) is 111 Å². The van der Waals surface area contributed by atoms with Gasteiger partial charge in [0.1, 0.15) is 6.61 Å². The SMILES string of the molecule is CC/C=C/C/C=C/C/C=C/C/C=C/C/C=C/C/C=C/CCCCCC(=O)OCC(COCCC(C(=O)O)[N+](C)(C)C)OC(=O)CCCCCCCC/C=C/C=C/CCCCC. The quantitative estimate of drug-likeness (QED) is 0.0215. The van der Waals surface area contributed by atoms with E-state index in [4.69, 9.17) is 14.2 Å². The van der Waals surface area contributed by atoms with Crippen molar-refractivity contribution in [3.63, 3.8) is 0 Å². The van der Waals surface area contributed by atoms with Crippen LogP contribution in [0.1, 0.15) is 168 Å². The zero-order valence-electron chi connectivity index (χ0n) is 39.3. The van der Waals surface area contributed by atoms with E-state index in [1.165, 1.54) is 32.1 Å². The fourth-order valence-corrected chi connectivity index (χ4v) is 6.32. The number of hydrogen-bond donors (Lipinski definition) is 1. The highest BCUT2D eigenvalue weighted by Crippen LogP contribution is 2.13. The molecule has 0 saturated heterocycles. The molecule has 0 heterocycles. The number of carbonyl (C=O) groups is 3. The van der Waals surface area contributed by atoms with Gasteiger partial charge in [-0.3, -0.25) is 9.59 Å². The fourth-order valence-electron chi connectivity index (χ4n) is 6.32. The second-order valence-corrected chi connectivity index (χ2v) is 16.7. The smallest absolute Gasteiger partial charge is 0.362 e. The van der Waals surface area contributed by atoms with E-state index in [9.17, 15) is 19.5 Å². The molecule has 2 unspecified atom stereocenters. The molecule has 0 aromatic heterocycles. The highest BCUT2D eigenvalue weighted by atomic mass is 16.6. The lowest BCUT2D eigenvalue weighted by Crippen LogP contribution is -2.50. The van der Waals surface area contributed by atoms with Crippen molar-refractivity contribution in [3.8, 4) is 0 Å². The van der Waals surface area contributed by atoms with Gasteiger partial charge in [0.15, 0.2) is 12.1 Å². The van der Waals surface area contributed by atoms with Crippen molar-refractivity contribution in [2.24, 2.45) is 0 Å². The van der Waals surface area contributed by atoms with Crippen LogP contribution in [0.25, 0.3) is 0 Å². The first-order valence-corrected chi connectivity index (χ1v) is 23.8. The number of nitrogens with zero attached hydrogens (tertiary/aromatic N) is 1. The number of allylic oxidation sites excluding steroid dienone is 16. The molecule has 0 aromatic carbocycles. The zero-order valence-corrected chi connectivity index (χ0v) is 39.3. The maximum absolute atomic E-state index is 12.7. The third kappa shape index (κ3) is 41.4. The van der Waals surface area contributed by atoms with Gasteiger partial charge >= 0.3 is 17.9 Å². The number of carboxylic acid groups (broad SMARTS) is 1. The summed E-state index contributed by atoms with van der Waals surface area (Å²) < 4.78 is 17.3. The highest BCUT2D eigenvalue weighted by Gasteiger charge is 2.31. The number of hydrogen-bond acceptors (Lipinski definition) is 6. The maximum atomic E-state index is 12.7. The topological polar surface area (TPSA) is 99.1 Å². The Morgan fingerprint density at radius 3 is 1.48 bits per heavy atom. The van der Waals surface area contributed by atoms with E-state index < -0.39 is 18.1 Å². The Labute approximate surface area is 373 Å². The van der Waals surface area contributed by atoms with Crippen molar-refractivity contribution in [1.82, 2.24) is 0 Å². The first-order valence-electron chi connectivity index (χ1n) is 23.8. The Morgan fingerprint density at radius 2 is 0.967 bits per heavy atom. The average Bonchev–Trinajstić information content (AvgIpc) is 3.22. The third-order valence-corrected chi connectivity index (χ3v) is 10.00. The number of carboxylic acids is 1. The van der Waals surface area contributed by atoms with Crippen LogP contribution < -0.4 is 0 Å². The van der Waals surface area contributed by atoms with E-state index in [0.29, 0.717) is 19.3 Å². The number of esters is 2. The Bertz CT molecular complexity index is 1310. The molecule has 0 rings (SSSR count). The van der Waals surface area contributed by atoms with Gasteiger partial charge in [-0.05, 0) is 89.9 Å². The van der Waals surface area contributed by atoms with Crippen molar-refractivity contribution >= 4 is 17.9 Å². The number of unbranched alkanes of at least 4 members (excludes halogenated alkanes) is 12. The molecule has 0 aliphatic rings. The summed E-state index contributed by atoms with van der Waals surface area (Å²) in [5.41, 5.74) is 0. The number of ether oxygens (including phenoxy) is 3. The number of aliphatic carboxylic acids is 1. The minimum atomic E-state index is -0.886. The van der Waals surface area contributed by atoms with Crippen LogP contribution in [0.15, 0.2) is 97.2 Å². The van der Waals surface area contributed by atoms with Crippen LogP contribution in [0.2, 0.25) is 0 Å². The number of quaternary nitrogens is 1. The molecule has 0 aliphatic carbocycles. The van der Waals surface area contributed by atoms with Crippen LogP contribution >= 0.6 is 0 Å². The van der Waals surface area contributed by atoms with E-state index in [1.807, 2.05) is 21.1 Å². The molecule has 0 fully saturated rings. The maximum Gasteiger partial charge on any atom is 0.362 e. The van der Waals surface area contributed by atoms with Gasteiger partial charge in [0.05, 0.1) is 34.4 Å². The molecule has 0 aliphatic heterocycles. The van der Waals surface area contributed by atoms with Gasteiger partial charge in [-0.1, -0.05) is 156 Å². The molecule has 0 amide bonds. The third-order valence-electron chi connectivity index (χ3n) is 10.00. The summed E-state index contributed by atoms with van der Waals surface area (Å²) >= 11 is 0. The van der Waals surface area contributed by atoms with Crippen molar-refractivity contribution < 1.29 is 38.2 Å². The minimum Gasteiger partial charge on any atom is -0.477 e. The molecule has 1 N–H and O–H groups in total. The zero-order chi connectivity index (χ0) is 44.9. The van der Waals surface area contributed by atoms with Crippen LogP contribution in [-0.4, -0.2) is 80.6 Å². The van der Waals surface area contributed by atoms with Gasteiger partial charge < -0.3 is 23.8 Å². The summed E-state index contributed by atoms with van der Waals surface area (Å²) in [6.45, 7) is 4.53. The first-order chi connectivity index (χ1) is 29.6. The normalized spacial score (nSPS) is 13.8. The molecular formula is C53H88NO7+. The molecular weight excluding hydrogens is 763 g/mol. The monoisotopic (exact) mass is 851 g/mol. The first kappa shape index (κ1) is 57.2. The standard InChI is InChI=1S/C53H87NO7/c1-6-8-10-12-14-16-18-20-22-23-24-25-26-27-28-30-31-33-35-37-39-41-43-51(55)60-48-49(47-59-46-45-50(53(57)58)54(3,4)5)61-52(56)44-42-40-38-36-34-32-29-21-19-17-15-13-11-9-7-2/h8,10,14-17,19-22,24-25,27-28,31,33,49-50H,6-7,9,11-13,18,23,26,29-30,32,34-48H2,1-5H3/p+1/b10-8+,16-14+,17-15+,21-19+,22-20+,25-24+,28-27+,33-31+. The van der Waals surface area contributed by atoms with Crippen LogP contribution in [0, 0.1) is 0 Å². The lowest BCUT2D eigenvalue weighted by atomic mass is 10.1. The van der Waals surface area contributed by atoms with E-state index in [1.54, 1.807) is 0 Å². The van der Waals surface area contributed by atoms with Crippen LogP contribution in [0.4, 0.5) is 0 Å². The minimum absolute atomic E-state index is 0.0392. The molecule has 8 heteroatoms. The molecule has 2 atom stereocenters. The van der Waals surface area contributed by atoms with Crippen molar-refractivity contribution in [2.75, 3.05) is 41.0 Å². The number of rotatable bonds is 41. The van der Waals surface area contributed by atoms with Crippen LogP contribution in [0.5, 0.6) is 0 Å². The van der Waals surface area contributed by atoms with Crippen LogP contribution in [-0.2, 0) is 28.6 Å². The highest BCUT2D eigenvalue weighted by molar-refractivity contribution is 5.72. The van der Waals surface area contributed by atoms with E-state index in [0.717, 1.165) is 103 Å². The molecule has 0 saturated carbocycles. The lowest BCUT2D eigenvalue weighted by Gasteiger charge is -2.31. The predicted octanol–water partition coefficient (Wildman–Crippen LogP) is 13.5. The summed E-state index contributed by atoms with van der Waals surface area (Å²) in [5, 5.41) is 9.63. The van der Waals surface area contributed by atoms with Gasteiger partial charge in [-0.2, -0.15) is 0 Å². The van der Waals surface area contributed by atoms with E-state index >= 15 is 0 Å². The predicted molar refractivity (Wildman–Crippen MR) is 256 cm³/mol. The summed E-state index contributed by atoms with van der Waals surface area (Å²) in [5.74, 6) is -1.54. The largest absolute Gasteiger partial charge is 0.477 e. The molecule has 8 nitrogen and oxygen atoms in total. The summed E-state index contributed by atoms with van der Waals surface area (Å²) in [4.78, 5) is 37.1. The van der Waals surface area contributed by atoms with Gasteiger partial charge in [0.2, 0.25) is 0 Å². The van der Waals surface area contributed by atoms with E-state index in [-0.39, 0.29) is 36.2 Å². The Balaban J connectivity index is 4.40. The molecule has 0 bridgehead atoms. The van der Waals surface area contributed by atoms with Crippen molar-refractivity contribution in [1.29, 1.82) is 0 Å². The second-order valence-electron chi connectivity index (χ2n) is 16.7. The van der Waals surface area contributed by atoms with Gasteiger partial charge in [-0.25, -0.2) is 4.79 Å². The Kier molecular flexibility index (Phi) is 40.3. The van der Waals surface area contributed by atoms with Gasteiger partial charge in [0.25, 0.3) is 0 Å². The Hall–Kier alpha value is -3.75. The average molecular weight is 851 g/mol.